The number of hydrogen-bond donors (Lipinski definition) is 0. The fraction of sp³-hybridized carbons (Fsp3) is 0.143. The summed E-state index contributed by atoms with van der Waals surface area (Å²) in [4.78, 5) is 23.4. The van der Waals surface area contributed by atoms with E-state index < -0.39 is 5.97 Å². The second-order valence-corrected chi connectivity index (χ2v) is 4.80. The number of rotatable bonds is 3. The normalized spacial score (nSPS) is 10.3. The minimum atomic E-state index is -0.606. The van der Waals surface area contributed by atoms with Crippen molar-refractivity contribution < 1.29 is 18.7 Å². The lowest BCUT2D eigenvalue weighted by Gasteiger charge is -2.01. The quantitative estimate of drug-likeness (QED) is 0.642. The van der Waals surface area contributed by atoms with Gasteiger partial charge in [0.25, 0.3) is 0 Å². The van der Waals surface area contributed by atoms with Gasteiger partial charge in [-0.1, -0.05) is 15.9 Å². The molecule has 0 saturated heterocycles. The minimum Gasteiger partial charge on any atom is -0.463 e. The van der Waals surface area contributed by atoms with Crippen molar-refractivity contribution in [1.29, 1.82) is 0 Å². The summed E-state index contributed by atoms with van der Waals surface area (Å²) in [5, 5.41) is 0. The van der Waals surface area contributed by atoms with Crippen molar-refractivity contribution in [3.63, 3.8) is 0 Å². The molecule has 2 rings (SSSR count). The van der Waals surface area contributed by atoms with E-state index in [1.54, 1.807) is 18.2 Å². The summed E-state index contributed by atoms with van der Waals surface area (Å²) in [6, 6.07) is 8.13. The number of carbonyl (C=O) groups excluding carboxylic acids is 2. The average Bonchev–Trinajstić information content (AvgIpc) is 2.89. The summed E-state index contributed by atoms with van der Waals surface area (Å²) in [5.74, 6) is -0.751. The Balaban J connectivity index is 2.31. The second-order valence-electron chi connectivity index (χ2n) is 3.95. The van der Waals surface area contributed by atoms with Crippen molar-refractivity contribution in [3.8, 4) is 0 Å². The van der Waals surface area contributed by atoms with Crippen LogP contribution in [0.2, 0.25) is 0 Å². The van der Waals surface area contributed by atoms with Crippen LogP contribution < -0.4 is 0 Å². The lowest BCUT2D eigenvalue weighted by molar-refractivity contribution is 0.0563. The van der Waals surface area contributed by atoms with E-state index in [0.29, 0.717) is 5.56 Å². The van der Waals surface area contributed by atoms with Crippen LogP contribution in [-0.2, 0) is 4.74 Å². The van der Waals surface area contributed by atoms with E-state index in [-0.39, 0.29) is 17.3 Å². The molecule has 0 spiro atoms. The molecule has 0 N–H and O–H groups in total. The molecule has 19 heavy (non-hydrogen) atoms. The van der Waals surface area contributed by atoms with Gasteiger partial charge in [0.1, 0.15) is 0 Å². The first-order valence-electron chi connectivity index (χ1n) is 5.52. The number of methoxy groups -OCH3 is 1. The van der Waals surface area contributed by atoms with Crippen LogP contribution in [0.5, 0.6) is 0 Å². The molecule has 1 heterocycles. The predicted molar refractivity (Wildman–Crippen MR) is 72.4 cm³/mol. The van der Waals surface area contributed by atoms with Gasteiger partial charge in [-0.15, -0.1) is 0 Å². The Kier molecular flexibility index (Phi) is 3.85. The second kappa shape index (κ2) is 5.40. The minimum absolute atomic E-state index is 0.0136. The first-order chi connectivity index (χ1) is 9.02. The number of hydrogen-bond acceptors (Lipinski definition) is 4. The molecule has 0 radical (unpaired) electrons. The molecule has 0 aliphatic carbocycles. The third-order valence-electron chi connectivity index (χ3n) is 2.64. The van der Waals surface area contributed by atoms with E-state index in [1.165, 1.54) is 19.2 Å². The molecule has 98 valence electrons. The van der Waals surface area contributed by atoms with E-state index in [2.05, 4.69) is 20.7 Å². The number of ketones is 1. The first-order valence-corrected chi connectivity index (χ1v) is 6.31. The third-order valence-corrected chi connectivity index (χ3v) is 3.53. The molecule has 0 fully saturated rings. The number of esters is 1. The first kappa shape index (κ1) is 13.5. The zero-order chi connectivity index (χ0) is 14.0. The summed E-state index contributed by atoms with van der Waals surface area (Å²) in [7, 11) is 1.25. The smallest absolute Gasteiger partial charge is 0.373 e. The number of aryl methyl sites for hydroxylation is 1. The van der Waals surface area contributed by atoms with Gasteiger partial charge in [0.05, 0.1) is 7.11 Å². The Bertz CT molecular complexity index is 643. The number of ether oxygens (including phenoxy) is 1. The van der Waals surface area contributed by atoms with Gasteiger partial charge < -0.3 is 9.15 Å². The summed E-state index contributed by atoms with van der Waals surface area (Å²) in [5.41, 5.74) is 1.46. The maximum absolute atomic E-state index is 12.2. The molecule has 0 amide bonds. The average molecular weight is 323 g/mol. The maximum atomic E-state index is 12.2. The highest BCUT2D eigenvalue weighted by atomic mass is 79.9. The van der Waals surface area contributed by atoms with Gasteiger partial charge in [0.15, 0.2) is 5.76 Å². The standard InChI is InChI=1S/C14H11BrO4/c1-8-7-9(3-4-10(8)15)13(16)11-5-6-12(19-11)14(17)18-2/h3-7H,1-2H3. The molecule has 2 aromatic rings. The number of furan rings is 1. The van der Waals surface area contributed by atoms with Gasteiger partial charge in [-0.05, 0) is 42.8 Å². The summed E-state index contributed by atoms with van der Waals surface area (Å²) < 4.78 is 10.6. The van der Waals surface area contributed by atoms with Crippen LogP contribution in [0.3, 0.4) is 0 Å². The largest absolute Gasteiger partial charge is 0.463 e. The van der Waals surface area contributed by atoms with Crippen LogP contribution in [0.1, 0.15) is 32.2 Å². The van der Waals surface area contributed by atoms with Crippen molar-refractivity contribution in [2.24, 2.45) is 0 Å². The van der Waals surface area contributed by atoms with E-state index in [9.17, 15) is 9.59 Å². The highest BCUT2D eigenvalue weighted by Crippen LogP contribution is 2.20. The fourth-order valence-electron chi connectivity index (χ4n) is 1.60. The molecule has 1 aromatic heterocycles. The summed E-state index contributed by atoms with van der Waals surface area (Å²) in [6.45, 7) is 1.89. The third kappa shape index (κ3) is 2.76. The molecule has 0 saturated carbocycles. The fourth-order valence-corrected chi connectivity index (χ4v) is 1.85. The summed E-state index contributed by atoms with van der Waals surface area (Å²) >= 11 is 3.37. The van der Waals surface area contributed by atoms with Crippen LogP contribution in [0.4, 0.5) is 0 Å². The van der Waals surface area contributed by atoms with E-state index in [1.807, 2.05) is 6.92 Å². The molecule has 0 atom stereocenters. The van der Waals surface area contributed by atoms with Gasteiger partial charge >= 0.3 is 5.97 Å². The SMILES string of the molecule is COC(=O)c1ccc(C(=O)c2ccc(Br)c(C)c2)o1. The molecular weight excluding hydrogens is 312 g/mol. The van der Waals surface area contributed by atoms with Crippen molar-refractivity contribution in [1.82, 2.24) is 0 Å². The Morgan fingerprint density at radius 2 is 1.84 bits per heavy atom. The van der Waals surface area contributed by atoms with E-state index >= 15 is 0 Å². The Hall–Kier alpha value is -1.88. The van der Waals surface area contributed by atoms with Crippen molar-refractivity contribution >= 4 is 27.7 Å². The molecule has 0 aliphatic heterocycles. The van der Waals surface area contributed by atoms with Crippen molar-refractivity contribution in [3.05, 3.63) is 57.5 Å². The van der Waals surface area contributed by atoms with E-state index in [0.717, 1.165) is 10.0 Å². The highest BCUT2D eigenvalue weighted by molar-refractivity contribution is 9.10. The van der Waals surface area contributed by atoms with Gasteiger partial charge in [0.2, 0.25) is 11.5 Å². The van der Waals surface area contributed by atoms with Gasteiger partial charge in [-0.25, -0.2) is 4.79 Å². The van der Waals surface area contributed by atoms with Gasteiger partial charge in [-0.2, -0.15) is 0 Å². The monoisotopic (exact) mass is 322 g/mol. The van der Waals surface area contributed by atoms with Crippen LogP contribution in [0.25, 0.3) is 0 Å². The lowest BCUT2D eigenvalue weighted by Crippen LogP contribution is -2.01. The van der Waals surface area contributed by atoms with Crippen molar-refractivity contribution in [2.75, 3.05) is 7.11 Å². The van der Waals surface area contributed by atoms with Crippen LogP contribution in [0, 0.1) is 6.92 Å². The number of halogens is 1. The molecule has 4 nitrogen and oxygen atoms in total. The molecule has 5 heteroatoms. The summed E-state index contributed by atoms with van der Waals surface area (Å²) in [6.07, 6.45) is 0. The van der Waals surface area contributed by atoms with Gasteiger partial charge in [0, 0.05) is 10.0 Å². The zero-order valence-electron chi connectivity index (χ0n) is 10.4. The van der Waals surface area contributed by atoms with E-state index in [4.69, 9.17) is 4.42 Å². The predicted octanol–water partition coefficient (Wildman–Crippen LogP) is 3.37. The lowest BCUT2D eigenvalue weighted by atomic mass is 10.1. The highest BCUT2D eigenvalue weighted by Gasteiger charge is 2.17. The molecule has 0 bridgehead atoms. The molecular formula is C14H11BrO4. The topological polar surface area (TPSA) is 56.5 Å². The Labute approximate surface area is 118 Å². The molecule has 0 unspecified atom stereocenters. The van der Waals surface area contributed by atoms with Crippen LogP contribution in [0.15, 0.2) is 39.2 Å². The molecule has 0 aliphatic rings. The van der Waals surface area contributed by atoms with Crippen LogP contribution in [-0.4, -0.2) is 18.9 Å². The van der Waals surface area contributed by atoms with Crippen molar-refractivity contribution in [2.45, 2.75) is 6.92 Å². The zero-order valence-corrected chi connectivity index (χ0v) is 12.0. The molecule has 1 aromatic carbocycles. The van der Waals surface area contributed by atoms with Crippen LogP contribution >= 0.6 is 15.9 Å². The Morgan fingerprint density at radius 1 is 1.16 bits per heavy atom. The number of carbonyl (C=O) groups is 2. The van der Waals surface area contributed by atoms with Gasteiger partial charge in [-0.3, -0.25) is 4.79 Å². The maximum Gasteiger partial charge on any atom is 0.373 e. The Morgan fingerprint density at radius 3 is 2.47 bits per heavy atom. The number of benzene rings is 1.